The van der Waals surface area contributed by atoms with Crippen LogP contribution in [0.25, 0.3) is 11.1 Å². The van der Waals surface area contributed by atoms with Crippen molar-refractivity contribution in [2.75, 3.05) is 11.8 Å². The highest BCUT2D eigenvalue weighted by atomic mass is 32.2. The minimum Gasteiger partial charge on any atom is -0.361 e. The number of nitrogens with zero attached hydrogens (tertiary/aromatic N) is 1. The Morgan fingerprint density at radius 3 is 2.54 bits per heavy atom. The molecule has 4 nitrogen and oxygen atoms in total. The highest BCUT2D eigenvalue weighted by Crippen LogP contribution is 2.36. The van der Waals surface area contributed by atoms with Crippen LogP contribution in [0.1, 0.15) is 17.0 Å². The van der Waals surface area contributed by atoms with E-state index in [0.717, 1.165) is 34.8 Å². The Balaban J connectivity index is 1.96. The molecule has 3 aromatic rings. The standard InChI is InChI=1S/C19H21N3OS/c1-13-19(14(2)23-21-13)17-10-9-15(12-20-3)11-18(17)22-24-16-7-5-4-6-8-16/h4-11,20,22H,12H2,1-3H3. The van der Waals surface area contributed by atoms with Gasteiger partial charge in [-0.1, -0.05) is 35.5 Å². The molecule has 2 aromatic carbocycles. The third-order valence-electron chi connectivity index (χ3n) is 3.79. The van der Waals surface area contributed by atoms with Crippen molar-refractivity contribution in [3.05, 3.63) is 65.5 Å². The maximum Gasteiger partial charge on any atom is 0.141 e. The number of aryl methyl sites for hydroxylation is 2. The monoisotopic (exact) mass is 339 g/mol. The molecule has 0 saturated carbocycles. The van der Waals surface area contributed by atoms with Crippen LogP contribution in [-0.2, 0) is 6.54 Å². The van der Waals surface area contributed by atoms with E-state index in [4.69, 9.17) is 4.52 Å². The lowest BCUT2D eigenvalue weighted by atomic mass is 10.0. The molecule has 0 aliphatic rings. The molecule has 0 fully saturated rings. The van der Waals surface area contributed by atoms with Crippen LogP contribution in [0.3, 0.4) is 0 Å². The van der Waals surface area contributed by atoms with E-state index >= 15 is 0 Å². The second-order valence-electron chi connectivity index (χ2n) is 5.63. The fourth-order valence-electron chi connectivity index (χ4n) is 2.68. The van der Waals surface area contributed by atoms with Crippen LogP contribution in [0.4, 0.5) is 5.69 Å². The lowest BCUT2D eigenvalue weighted by Gasteiger charge is -2.13. The molecule has 1 heterocycles. The van der Waals surface area contributed by atoms with Crippen molar-refractivity contribution in [1.82, 2.24) is 10.5 Å². The zero-order chi connectivity index (χ0) is 16.9. The molecule has 2 N–H and O–H groups in total. The maximum absolute atomic E-state index is 5.35. The normalized spacial score (nSPS) is 10.8. The van der Waals surface area contributed by atoms with Gasteiger partial charge in [0.15, 0.2) is 0 Å². The number of rotatable bonds is 6. The Morgan fingerprint density at radius 1 is 1.08 bits per heavy atom. The number of hydrogen-bond donors (Lipinski definition) is 2. The molecule has 0 radical (unpaired) electrons. The van der Waals surface area contributed by atoms with Gasteiger partial charge in [0.1, 0.15) is 5.76 Å². The minimum atomic E-state index is 0.826. The highest BCUT2D eigenvalue weighted by molar-refractivity contribution is 8.00. The molecular weight excluding hydrogens is 318 g/mol. The Hall–Kier alpha value is -2.24. The van der Waals surface area contributed by atoms with Crippen LogP contribution in [0.15, 0.2) is 57.9 Å². The van der Waals surface area contributed by atoms with E-state index in [0.29, 0.717) is 0 Å². The van der Waals surface area contributed by atoms with Gasteiger partial charge in [-0.3, -0.25) is 0 Å². The van der Waals surface area contributed by atoms with Gasteiger partial charge in [-0.2, -0.15) is 0 Å². The van der Waals surface area contributed by atoms with Crippen molar-refractivity contribution in [2.24, 2.45) is 0 Å². The van der Waals surface area contributed by atoms with Crippen molar-refractivity contribution in [1.29, 1.82) is 0 Å². The van der Waals surface area contributed by atoms with Gasteiger partial charge in [-0.05, 0) is 56.6 Å². The number of benzene rings is 2. The number of hydrogen-bond acceptors (Lipinski definition) is 5. The molecule has 0 aliphatic carbocycles. The van der Waals surface area contributed by atoms with E-state index in [1.165, 1.54) is 10.5 Å². The van der Waals surface area contributed by atoms with E-state index in [-0.39, 0.29) is 0 Å². The first-order valence-corrected chi connectivity index (χ1v) is 8.69. The summed E-state index contributed by atoms with van der Waals surface area (Å²) < 4.78 is 8.84. The van der Waals surface area contributed by atoms with Gasteiger partial charge in [0.25, 0.3) is 0 Å². The summed E-state index contributed by atoms with van der Waals surface area (Å²) in [5, 5.41) is 7.29. The van der Waals surface area contributed by atoms with Crippen LogP contribution in [-0.4, -0.2) is 12.2 Å². The lowest BCUT2D eigenvalue weighted by Crippen LogP contribution is -2.05. The molecule has 0 bridgehead atoms. The summed E-state index contributed by atoms with van der Waals surface area (Å²) in [6, 6.07) is 16.7. The Labute approximate surface area is 146 Å². The van der Waals surface area contributed by atoms with Gasteiger partial charge < -0.3 is 14.6 Å². The number of anilines is 1. The summed E-state index contributed by atoms with van der Waals surface area (Å²) in [5.41, 5.74) is 5.36. The Bertz CT molecular complexity index is 795. The molecule has 5 heteroatoms. The van der Waals surface area contributed by atoms with E-state index in [9.17, 15) is 0 Å². The molecule has 1 aromatic heterocycles. The average Bonchev–Trinajstić information content (AvgIpc) is 2.93. The third-order valence-corrected chi connectivity index (χ3v) is 4.62. The molecule has 0 unspecified atom stereocenters. The van der Waals surface area contributed by atoms with Crippen molar-refractivity contribution in [3.8, 4) is 11.1 Å². The van der Waals surface area contributed by atoms with Gasteiger partial charge in [0.05, 0.1) is 11.4 Å². The van der Waals surface area contributed by atoms with Gasteiger partial charge in [-0.25, -0.2) is 0 Å². The Morgan fingerprint density at radius 2 is 1.88 bits per heavy atom. The van der Waals surface area contributed by atoms with Crippen molar-refractivity contribution >= 4 is 17.6 Å². The molecule has 0 saturated heterocycles. The van der Waals surface area contributed by atoms with E-state index in [1.54, 1.807) is 11.9 Å². The molecule has 24 heavy (non-hydrogen) atoms. The first-order valence-electron chi connectivity index (χ1n) is 7.87. The van der Waals surface area contributed by atoms with Crippen LogP contribution >= 0.6 is 11.9 Å². The predicted octanol–water partition coefficient (Wildman–Crippen LogP) is 4.80. The molecule has 0 spiro atoms. The van der Waals surface area contributed by atoms with E-state index < -0.39 is 0 Å². The summed E-state index contributed by atoms with van der Waals surface area (Å²) in [4.78, 5) is 1.17. The predicted molar refractivity (Wildman–Crippen MR) is 100 cm³/mol. The van der Waals surface area contributed by atoms with Crippen LogP contribution in [0, 0.1) is 13.8 Å². The lowest BCUT2D eigenvalue weighted by molar-refractivity contribution is 0.393. The fraction of sp³-hybridized carbons (Fsp3) is 0.211. The summed E-state index contributed by atoms with van der Waals surface area (Å²) in [6.07, 6.45) is 0. The van der Waals surface area contributed by atoms with Crippen molar-refractivity contribution in [3.63, 3.8) is 0 Å². The van der Waals surface area contributed by atoms with Gasteiger partial charge >= 0.3 is 0 Å². The van der Waals surface area contributed by atoms with Crippen LogP contribution in [0.5, 0.6) is 0 Å². The fourth-order valence-corrected chi connectivity index (χ4v) is 3.37. The van der Waals surface area contributed by atoms with Gasteiger partial charge in [0, 0.05) is 22.6 Å². The SMILES string of the molecule is CNCc1ccc(-c2c(C)noc2C)c(NSc2ccccc2)c1. The van der Waals surface area contributed by atoms with Crippen LogP contribution < -0.4 is 10.0 Å². The zero-order valence-electron chi connectivity index (χ0n) is 14.1. The largest absolute Gasteiger partial charge is 0.361 e. The minimum absolute atomic E-state index is 0.826. The highest BCUT2D eigenvalue weighted by Gasteiger charge is 2.15. The van der Waals surface area contributed by atoms with E-state index in [1.807, 2.05) is 39.1 Å². The van der Waals surface area contributed by atoms with Gasteiger partial charge in [0.2, 0.25) is 0 Å². The molecule has 0 amide bonds. The maximum atomic E-state index is 5.35. The summed E-state index contributed by atoms with van der Waals surface area (Å²) in [7, 11) is 1.95. The smallest absolute Gasteiger partial charge is 0.141 e. The van der Waals surface area contributed by atoms with E-state index in [2.05, 4.69) is 45.5 Å². The third kappa shape index (κ3) is 3.63. The van der Waals surface area contributed by atoms with Gasteiger partial charge in [-0.15, -0.1) is 0 Å². The summed E-state index contributed by atoms with van der Waals surface area (Å²) in [5.74, 6) is 0.835. The molecular formula is C19H21N3OS. The molecule has 124 valence electrons. The number of aromatic nitrogens is 1. The quantitative estimate of drug-likeness (QED) is 0.632. The second-order valence-corrected chi connectivity index (χ2v) is 6.51. The van der Waals surface area contributed by atoms with Crippen LogP contribution in [0.2, 0.25) is 0 Å². The zero-order valence-corrected chi connectivity index (χ0v) is 14.9. The summed E-state index contributed by atoms with van der Waals surface area (Å²) >= 11 is 1.60. The summed E-state index contributed by atoms with van der Waals surface area (Å²) in [6.45, 7) is 4.75. The number of nitrogens with one attached hydrogen (secondary N) is 2. The molecule has 3 rings (SSSR count). The van der Waals surface area contributed by atoms with Crippen molar-refractivity contribution < 1.29 is 4.52 Å². The average molecular weight is 339 g/mol. The molecule has 0 aliphatic heterocycles. The first-order chi connectivity index (χ1) is 11.7. The van der Waals surface area contributed by atoms with Crippen molar-refractivity contribution in [2.45, 2.75) is 25.3 Å². The second kappa shape index (κ2) is 7.55. The Kier molecular flexibility index (Phi) is 5.23. The molecule has 0 atom stereocenters. The first kappa shape index (κ1) is 16.6. The topological polar surface area (TPSA) is 50.1 Å².